The average molecular weight is 434 g/mol. The smallest absolute Gasteiger partial charge is 0.230 e. The van der Waals surface area contributed by atoms with Crippen molar-refractivity contribution in [1.29, 1.82) is 0 Å². The lowest BCUT2D eigenvalue weighted by molar-refractivity contribution is -0.131. The Hall–Kier alpha value is -1.57. The van der Waals surface area contributed by atoms with Crippen molar-refractivity contribution in [2.24, 2.45) is 17.8 Å². The van der Waals surface area contributed by atoms with Crippen molar-refractivity contribution in [2.45, 2.75) is 89.5 Å². The van der Waals surface area contributed by atoms with E-state index in [9.17, 15) is 9.59 Å². The summed E-state index contributed by atoms with van der Waals surface area (Å²) in [5, 5.41) is 12.7. The number of fused-ring (bicyclic) bond motifs is 2. The van der Waals surface area contributed by atoms with Gasteiger partial charge in [-0.15, -0.1) is 10.2 Å². The molecule has 2 saturated carbocycles. The molecule has 30 heavy (non-hydrogen) atoms. The van der Waals surface area contributed by atoms with Gasteiger partial charge in [0.1, 0.15) is 0 Å². The normalized spacial score (nSPS) is 27.3. The van der Waals surface area contributed by atoms with Gasteiger partial charge < -0.3 is 14.8 Å². The second-order valence-electron chi connectivity index (χ2n) is 9.25. The molecule has 2 bridgehead atoms. The number of hydrogen-bond donors (Lipinski definition) is 1. The number of carbonyl (C=O) groups is 2. The molecule has 4 atom stereocenters. The molecule has 2 heterocycles. The maximum atomic E-state index is 12.6. The van der Waals surface area contributed by atoms with Gasteiger partial charge in [-0.3, -0.25) is 9.59 Å². The van der Waals surface area contributed by atoms with Gasteiger partial charge in [0.05, 0.1) is 12.3 Å². The topological polar surface area (TPSA) is 80.1 Å². The molecule has 1 N–H and O–H groups in total. The summed E-state index contributed by atoms with van der Waals surface area (Å²) in [6.07, 6.45) is 9.13. The summed E-state index contributed by atoms with van der Waals surface area (Å²) in [6, 6.07) is 0.252. The van der Waals surface area contributed by atoms with Crippen molar-refractivity contribution < 1.29 is 9.59 Å². The number of carbonyl (C=O) groups excluding carboxylic acids is 2. The van der Waals surface area contributed by atoms with Crippen LogP contribution in [0.4, 0.5) is 0 Å². The first-order valence-electron chi connectivity index (χ1n) is 11.7. The Labute approximate surface area is 183 Å². The van der Waals surface area contributed by atoms with E-state index in [1.807, 2.05) is 9.47 Å². The third kappa shape index (κ3) is 4.84. The predicted octanol–water partition coefficient (Wildman–Crippen LogP) is 3.23. The maximum Gasteiger partial charge on any atom is 0.230 e. The van der Waals surface area contributed by atoms with Crippen molar-refractivity contribution in [3.05, 3.63) is 5.82 Å². The van der Waals surface area contributed by atoms with Crippen LogP contribution in [0.15, 0.2) is 5.16 Å². The Kier molecular flexibility index (Phi) is 7.01. The van der Waals surface area contributed by atoms with E-state index in [0.717, 1.165) is 55.2 Å². The first-order valence-corrected chi connectivity index (χ1v) is 12.7. The second-order valence-corrected chi connectivity index (χ2v) is 10.2. The summed E-state index contributed by atoms with van der Waals surface area (Å²) in [6.45, 7) is 6.25. The van der Waals surface area contributed by atoms with Crippen LogP contribution in [0.3, 0.4) is 0 Å². The van der Waals surface area contributed by atoms with E-state index < -0.39 is 0 Å². The van der Waals surface area contributed by atoms with Crippen molar-refractivity contribution in [3.8, 4) is 0 Å². The highest BCUT2D eigenvalue weighted by atomic mass is 32.2. The van der Waals surface area contributed by atoms with Gasteiger partial charge in [-0.2, -0.15) is 0 Å². The maximum absolute atomic E-state index is 12.6. The van der Waals surface area contributed by atoms with Crippen molar-refractivity contribution in [1.82, 2.24) is 25.0 Å². The third-order valence-corrected chi connectivity index (χ3v) is 8.24. The molecule has 2 aliphatic carbocycles. The second kappa shape index (κ2) is 9.71. The fraction of sp³-hybridized carbons (Fsp3) is 0.818. The molecule has 3 fully saturated rings. The number of likely N-dealkylation sites (tertiary alicyclic amines) is 1. The highest BCUT2D eigenvalue weighted by molar-refractivity contribution is 7.99. The van der Waals surface area contributed by atoms with Gasteiger partial charge >= 0.3 is 0 Å². The Morgan fingerprint density at radius 2 is 2.10 bits per heavy atom. The molecule has 0 spiro atoms. The van der Waals surface area contributed by atoms with Gasteiger partial charge in [0.2, 0.25) is 11.8 Å². The van der Waals surface area contributed by atoms with E-state index in [0.29, 0.717) is 24.6 Å². The lowest BCUT2D eigenvalue weighted by Gasteiger charge is -2.28. The Balaban J connectivity index is 1.30. The molecule has 166 valence electrons. The quantitative estimate of drug-likeness (QED) is 0.637. The number of amides is 2. The fourth-order valence-corrected chi connectivity index (χ4v) is 6.51. The van der Waals surface area contributed by atoms with Gasteiger partial charge in [0.15, 0.2) is 11.0 Å². The minimum absolute atomic E-state index is 0.0742. The van der Waals surface area contributed by atoms with Crippen LogP contribution < -0.4 is 5.32 Å². The molecular weight excluding hydrogens is 398 g/mol. The van der Waals surface area contributed by atoms with Crippen LogP contribution in [0.5, 0.6) is 0 Å². The van der Waals surface area contributed by atoms with Crippen LogP contribution in [0, 0.1) is 17.8 Å². The Morgan fingerprint density at radius 1 is 1.23 bits per heavy atom. The summed E-state index contributed by atoms with van der Waals surface area (Å²) < 4.78 is 2.04. The SMILES string of the molecule is CCn1c(CN2CCCCCC2=O)nnc1SCC(=O)N[C@@H](C)[C@@H]1C[C@@H]2CC[C@@H]1C2. The standard InChI is InChI=1S/C22H35N5O2S/c1-3-27-19(13-26-10-6-4-5-7-21(26)29)24-25-22(27)30-14-20(28)23-15(2)18-12-16-8-9-17(18)11-16/h15-18H,3-14H2,1-2H3,(H,23,28)/t15-,16+,17+,18-/m0/s1. The van der Waals surface area contributed by atoms with Crippen molar-refractivity contribution >= 4 is 23.6 Å². The van der Waals surface area contributed by atoms with Crippen LogP contribution in [0.25, 0.3) is 0 Å². The number of nitrogens with zero attached hydrogens (tertiary/aromatic N) is 4. The molecule has 7 nitrogen and oxygen atoms in total. The van der Waals surface area contributed by atoms with Crippen LogP contribution in [-0.2, 0) is 22.7 Å². The Morgan fingerprint density at radius 3 is 2.83 bits per heavy atom. The zero-order valence-electron chi connectivity index (χ0n) is 18.3. The van der Waals surface area contributed by atoms with Crippen LogP contribution in [-0.4, -0.2) is 49.8 Å². The van der Waals surface area contributed by atoms with Gasteiger partial charge in [0.25, 0.3) is 0 Å². The first kappa shape index (κ1) is 21.7. The zero-order chi connectivity index (χ0) is 21.1. The molecule has 3 aliphatic rings. The molecular formula is C22H35N5O2S. The minimum Gasteiger partial charge on any atom is -0.353 e. The summed E-state index contributed by atoms with van der Waals surface area (Å²) in [7, 11) is 0. The molecule has 0 aromatic carbocycles. The van der Waals surface area contributed by atoms with E-state index in [4.69, 9.17) is 0 Å². The molecule has 0 unspecified atom stereocenters. The van der Waals surface area contributed by atoms with E-state index in [1.54, 1.807) is 0 Å². The number of nitrogens with one attached hydrogen (secondary N) is 1. The number of thioether (sulfide) groups is 1. The fourth-order valence-electron chi connectivity index (χ4n) is 5.68. The number of rotatable bonds is 8. The monoisotopic (exact) mass is 433 g/mol. The number of aromatic nitrogens is 3. The first-order chi connectivity index (χ1) is 14.5. The largest absolute Gasteiger partial charge is 0.353 e. The summed E-state index contributed by atoms with van der Waals surface area (Å²) in [5.74, 6) is 3.80. The Bertz CT molecular complexity index is 767. The van der Waals surface area contributed by atoms with Gasteiger partial charge in [-0.05, 0) is 63.7 Å². The van der Waals surface area contributed by atoms with Crippen LogP contribution in [0.1, 0.15) is 71.0 Å². The van der Waals surface area contributed by atoms with Crippen molar-refractivity contribution in [2.75, 3.05) is 12.3 Å². The minimum atomic E-state index is 0.0742. The summed E-state index contributed by atoms with van der Waals surface area (Å²) in [4.78, 5) is 26.8. The molecule has 8 heteroatoms. The number of hydrogen-bond acceptors (Lipinski definition) is 5. The molecule has 1 aromatic rings. The lowest BCUT2D eigenvalue weighted by atomic mass is 9.84. The summed E-state index contributed by atoms with van der Waals surface area (Å²) >= 11 is 1.44. The molecule has 1 aliphatic heterocycles. The van der Waals surface area contributed by atoms with E-state index in [-0.39, 0.29) is 17.9 Å². The average Bonchev–Trinajstić information content (AvgIpc) is 3.43. The predicted molar refractivity (Wildman–Crippen MR) is 117 cm³/mol. The summed E-state index contributed by atoms with van der Waals surface area (Å²) in [5.41, 5.74) is 0. The van der Waals surface area contributed by atoms with E-state index in [1.165, 1.54) is 37.4 Å². The van der Waals surface area contributed by atoms with Crippen LogP contribution in [0.2, 0.25) is 0 Å². The third-order valence-electron chi connectivity index (χ3n) is 7.27. The molecule has 2 amide bonds. The van der Waals surface area contributed by atoms with Crippen LogP contribution >= 0.6 is 11.8 Å². The van der Waals surface area contributed by atoms with E-state index in [2.05, 4.69) is 29.4 Å². The van der Waals surface area contributed by atoms with E-state index >= 15 is 0 Å². The van der Waals surface area contributed by atoms with Gasteiger partial charge in [0, 0.05) is 25.6 Å². The van der Waals surface area contributed by atoms with Crippen molar-refractivity contribution in [3.63, 3.8) is 0 Å². The lowest BCUT2D eigenvalue weighted by Crippen LogP contribution is -2.40. The highest BCUT2D eigenvalue weighted by Crippen LogP contribution is 2.49. The molecule has 1 aromatic heterocycles. The molecule has 4 rings (SSSR count). The van der Waals surface area contributed by atoms with Gasteiger partial charge in [-0.25, -0.2) is 0 Å². The van der Waals surface area contributed by atoms with Gasteiger partial charge in [-0.1, -0.05) is 24.6 Å². The molecule has 1 saturated heterocycles. The zero-order valence-corrected chi connectivity index (χ0v) is 19.1. The molecule has 0 radical (unpaired) electrons. The highest BCUT2D eigenvalue weighted by Gasteiger charge is 2.42.